The number of rotatable bonds is 16. The zero-order valence-electron chi connectivity index (χ0n) is 25.1. The summed E-state index contributed by atoms with van der Waals surface area (Å²) in [6, 6.07) is 12.3. The van der Waals surface area contributed by atoms with Crippen molar-refractivity contribution in [2.45, 2.75) is 51.1 Å². The Morgan fingerprint density at radius 2 is 1.89 bits per heavy atom. The molecular weight excluding hydrogens is 595 g/mol. The van der Waals surface area contributed by atoms with Crippen LogP contribution < -0.4 is 10.9 Å². The molecule has 1 unspecified atom stereocenters. The average Bonchev–Trinajstić information content (AvgIpc) is 3.53. The van der Waals surface area contributed by atoms with Gasteiger partial charge >= 0.3 is 0 Å². The molecular formula is C34H36ClFN6O3. The van der Waals surface area contributed by atoms with Crippen LogP contribution in [0.3, 0.4) is 0 Å². The van der Waals surface area contributed by atoms with E-state index >= 15 is 0 Å². The molecule has 9 nitrogen and oxygen atoms in total. The first-order valence-corrected chi connectivity index (χ1v) is 15.4. The quantitative estimate of drug-likeness (QED) is 0.0953. The first kappa shape index (κ1) is 32.0. The van der Waals surface area contributed by atoms with Crippen molar-refractivity contribution in [2.75, 3.05) is 13.6 Å². The first-order valence-electron chi connectivity index (χ1n) is 15.0. The normalized spacial score (nSPS) is 12.9. The molecule has 234 valence electrons. The number of carbonyl (C=O) groups is 2. The van der Waals surface area contributed by atoms with Crippen LogP contribution in [0.4, 0.5) is 4.39 Å². The van der Waals surface area contributed by atoms with Crippen molar-refractivity contribution in [2.24, 2.45) is 5.92 Å². The molecule has 2 aromatic carbocycles. The van der Waals surface area contributed by atoms with Gasteiger partial charge in [0, 0.05) is 54.3 Å². The number of halogens is 2. The third kappa shape index (κ3) is 7.82. The molecule has 45 heavy (non-hydrogen) atoms. The SMILES string of the molecule is CN(Cc1ccncc1)Cc1c(C[C@H](C=O)CCCC(CCNC=O)c2cc3cccc(F)c3[nH]c2=O)cc(Cl)c2[nH]ncc12. The molecule has 0 bridgehead atoms. The van der Waals surface area contributed by atoms with Crippen molar-refractivity contribution in [3.63, 3.8) is 0 Å². The van der Waals surface area contributed by atoms with Gasteiger partial charge in [0.2, 0.25) is 6.41 Å². The van der Waals surface area contributed by atoms with Gasteiger partial charge in [-0.15, -0.1) is 0 Å². The lowest BCUT2D eigenvalue weighted by atomic mass is 9.87. The van der Waals surface area contributed by atoms with Crippen LogP contribution in [0.25, 0.3) is 21.8 Å². The Hall–Kier alpha value is -4.41. The zero-order chi connectivity index (χ0) is 31.8. The van der Waals surface area contributed by atoms with Crippen LogP contribution >= 0.6 is 11.6 Å². The topological polar surface area (TPSA) is 124 Å². The molecule has 3 aromatic heterocycles. The van der Waals surface area contributed by atoms with Crippen LogP contribution in [-0.4, -0.2) is 51.4 Å². The summed E-state index contributed by atoms with van der Waals surface area (Å²) in [6.07, 6.45) is 9.91. The summed E-state index contributed by atoms with van der Waals surface area (Å²) in [4.78, 5) is 45.3. The van der Waals surface area contributed by atoms with Gasteiger partial charge in [-0.1, -0.05) is 30.2 Å². The number of nitrogens with zero attached hydrogens (tertiary/aromatic N) is 3. The van der Waals surface area contributed by atoms with Crippen molar-refractivity contribution in [1.82, 2.24) is 30.4 Å². The Kier molecular flexibility index (Phi) is 10.7. The monoisotopic (exact) mass is 630 g/mol. The van der Waals surface area contributed by atoms with E-state index in [0.29, 0.717) is 67.6 Å². The molecule has 0 saturated heterocycles. The Morgan fingerprint density at radius 1 is 1.07 bits per heavy atom. The molecule has 0 aliphatic rings. The van der Waals surface area contributed by atoms with Gasteiger partial charge in [-0.05, 0) is 85.7 Å². The second-order valence-electron chi connectivity index (χ2n) is 11.5. The largest absolute Gasteiger partial charge is 0.359 e. The number of hydrogen-bond acceptors (Lipinski definition) is 6. The highest BCUT2D eigenvalue weighted by atomic mass is 35.5. The van der Waals surface area contributed by atoms with Crippen molar-refractivity contribution in [3.8, 4) is 0 Å². The van der Waals surface area contributed by atoms with Gasteiger partial charge in [-0.3, -0.25) is 24.6 Å². The summed E-state index contributed by atoms with van der Waals surface area (Å²) in [5.41, 5.74) is 4.34. The second kappa shape index (κ2) is 15.0. The highest BCUT2D eigenvalue weighted by Gasteiger charge is 2.21. The molecule has 3 N–H and O–H groups in total. The van der Waals surface area contributed by atoms with Gasteiger partial charge in [-0.25, -0.2) is 4.39 Å². The molecule has 0 saturated carbocycles. The summed E-state index contributed by atoms with van der Waals surface area (Å²) in [5, 5.41) is 12.0. The van der Waals surface area contributed by atoms with E-state index in [9.17, 15) is 18.8 Å². The van der Waals surface area contributed by atoms with Gasteiger partial charge in [0.15, 0.2) is 0 Å². The molecule has 0 aliphatic carbocycles. The van der Waals surface area contributed by atoms with E-state index in [2.05, 4.69) is 30.4 Å². The molecule has 0 radical (unpaired) electrons. The lowest BCUT2D eigenvalue weighted by Gasteiger charge is -2.22. The number of fused-ring (bicyclic) bond motifs is 2. The van der Waals surface area contributed by atoms with E-state index in [0.717, 1.165) is 40.4 Å². The lowest BCUT2D eigenvalue weighted by molar-refractivity contribution is -0.111. The summed E-state index contributed by atoms with van der Waals surface area (Å²) in [5.74, 6) is -0.941. The van der Waals surface area contributed by atoms with E-state index in [1.807, 2.05) is 25.2 Å². The Morgan fingerprint density at radius 3 is 2.67 bits per heavy atom. The second-order valence-corrected chi connectivity index (χ2v) is 11.9. The maximum atomic E-state index is 14.3. The van der Waals surface area contributed by atoms with Crippen LogP contribution in [0.2, 0.25) is 5.02 Å². The number of amides is 1. The van der Waals surface area contributed by atoms with Gasteiger partial charge in [0.25, 0.3) is 5.56 Å². The van der Waals surface area contributed by atoms with Crippen LogP contribution in [0.15, 0.2) is 65.8 Å². The summed E-state index contributed by atoms with van der Waals surface area (Å²) >= 11 is 6.64. The fraction of sp³-hybridized carbons (Fsp3) is 0.324. The van der Waals surface area contributed by atoms with E-state index < -0.39 is 5.82 Å². The van der Waals surface area contributed by atoms with Gasteiger partial charge in [0.05, 0.1) is 22.3 Å². The maximum absolute atomic E-state index is 14.3. The molecule has 5 rings (SSSR count). The predicted molar refractivity (Wildman–Crippen MR) is 174 cm³/mol. The molecule has 1 amide bonds. The number of aromatic nitrogens is 4. The van der Waals surface area contributed by atoms with Crippen molar-refractivity contribution >= 4 is 46.1 Å². The molecule has 11 heteroatoms. The number of hydrogen-bond donors (Lipinski definition) is 3. The molecule has 5 aromatic rings. The minimum atomic E-state index is -0.485. The Bertz CT molecular complexity index is 1830. The fourth-order valence-electron chi connectivity index (χ4n) is 6.09. The van der Waals surface area contributed by atoms with Crippen molar-refractivity contribution in [3.05, 3.63) is 105 Å². The lowest BCUT2D eigenvalue weighted by Crippen LogP contribution is -2.21. The van der Waals surface area contributed by atoms with Gasteiger partial charge < -0.3 is 15.1 Å². The van der Waals surface area contributed by atoms with E-state index in [-0.39, 0.29) is 22.9 Å². The van der Waals surface area contributed by atoms with Crippen LogP contribution in [0, 0.1) is 11.7 Å². The molecule has 0 fully saturated rings. The minimum absolute atomic E-state index is 0.174. The number of H-pyrrole nitrogens is 2. The molecule has 3 heterocycles. The van der Waals surface area contributed by atoms with Crippen molar-refractivity contribution in [1.29, 1.82) is 0 Å². The zero-order valence-corrected chi connectivity index (χ0v) is 25.8. The van der Waals surface area contributed by atoms with Crippen molar-refractivity contribution < 1.29 is 14.0 Å². The van der Waals surface area contributed by atoms with E-state index in [1.54, 1.807) is 36.8 Å². The highest BCUT2D eigenvalue weighted by molar-refractivity contribution is 6.35. The van der Waals surface area contributed by atoms with Gasteiger partial charge in [-0.2, -0.15) is 5.10 Å². The molecule has 0 aliphatic heterocycles. The Balaban J connectivity index is 1.32. The number of nitrogens with one attached hydrogen (secondary N) is 3. The van der Waals surface area contributed by atoms with E-state index in [1.165, 1.54) is 6.07 Å². The van der Waals surface area contributed by atoms with Gasteiger partial charge in [0.1, 0.15) is 12.1 Å². The number of pyridine rings is 2. The standard InChI is InChI=1S/C34H36ClFN6O3/c1-42(18-22-8-11-37-12-9-22)19-29-26(16-30(35)33-28(29)17-39-41-33)14-23(20-43)4-2-5-24(10-13-38-21-44)27-15-25-6-3-7-31(36)32(25)40-34(27)45/h3,6-9,11-12,15-17,20-21,23-24H,2,4-5,10,13-14,18-19H2,1H3,(H,38,44)(H,39,41)(H,40,45)/t23-,24?/m1/s1. The first-order chi connectivity index (χ1) is 21.9. The smallest absolute Gasteiger partial charge is 0.251 e. The summed E-state index contributed by atoms with van der Waals surface area (Å²) in [6.45, 7) is 1.75. The number of aromatic amines is 2. The minimum Gasteiger partial charge on any atom is -0.359 e. The predicted octanol–water partition coefficient (Wildman–Crippen LogP) is 5.67. The van der Waals surface area contributed by atoms with E-state index in [4.69, 9.17) is 11.6 Å². The van der Waals surface area contributed by atoms with Crippen LogP contribution in [-0.2, 0) is 29.1 Å². The summed E-state index contributed by atoms with van der Waals surface area (Å²) < 4.78 is 14.3. The molecule has 2 atom stereocenters. The number of para-hydroxylation sites is 1. The number of aldehydes is 1. The highest BCUT2D eigenvalue weighted by Crippen LogP contribution is 2.32. The third-order valence-electron chi connectivity index (χ3n) is 8.34. The van der Waals surface area contributed by atoms with Crippen LogP contribution in [0.5, 0.6) is 0 Å². The summed E-state index contributed by atoms with van der Waals surface area (Å²) in [7, 11) is 2.05. The van der Waals surface area contributed by atoms with Crippen LogP contribution in [0.1, 0.15) is 53.9 Å². The maximum Gasteiger partial charge on any atom is 0.251 e. The Labute approximate surface area is 265 Å². The third-order valence-corrected chi connectivity index (χ3v) is 8.64. The number of carbonyl (C=O) groups excluding carboxylic acids is 2. The average molecular weight is 631 g/mol. The molecule has 0 spiro atoms. The number of benzene rings is 2. The fourth-order valence-corrected chi connectivity index (χ4v) is 6.37.